The summed E-state index contributed by atoms with van der Waals surface area (Å²) < 4.78 is 10.1. The van der Waals surface area contributed by atoms with Gasteiger partial charge in [-0.3, -0.25) is 4.79 Å². The summed E-state index contributed by atoms with van der Waals surface area (Å²) in [6.07, 6.45) is 2.82. The molecule has 0 fully saturated rings. The van der Waals surface area contributed by atoms with Gasteiger partial charge >= 0.3 is 5.97 Å². The zero-order valence-corrected chi connectivity index (χ0v) is 10.9. The Balaban J connectivity index is 3.69. The second-order valence-electron chi connectivity index (χ2n) is 4.63. The molecule has 0 aromatic rings. The summed E-state index contributed by atoms with van der Waals surface area (Å²) in [6.45, 7) is 7.20. The molecule has 16 heavy (non-hydrogen) atoms. The smallest absolute Gasteiger partial charge is 0.325 e. The molecule has 0 radical (unpaired) electrons. The molecule has 96 valence electrons. The van der Waals surface area contributed by atoms with E-state index in [2.05, 4.69) is 18.6 Å². The molecule has 4 heteroatoms. The van der Waals surface area contributed by atoms with Gasteiger partial charge in [-0.15, -0.1) is 0 Å². The molecule has 0 aliphatic heterocycles. The Morgan fingerprint density at radius 2 is 2.12 bits per heavy atom. The highest BCUT2D eigenvalue weighted by Gasteiger charge is 2.28. The van der Waals surface area contributed by atoms with Crippen molar-refractivity contribution in [2.24, 2.45) is 11.7 Å². The molecule has 0 aliphatic carbocycles. The second kappa shape index (κ2) is 7.63. The number of carbonyl (C=O) groups excluding carboxylic acids is 1. The Morgan fingerprint density at radius 1 is 1.50 bits per heavy atom. The summed E-state index contributed by atoms with van der Waals surface area (Å²) in [5, 5.41) is 0. The number of rotatable bonds is 8. The van der Waals surface area contributed by atoms with Gasteiger partial charge in [0.05, 0.1) is 7.11 Å². The van der Waals surface area contributed by atoms with Crippen LogP contribution in [0.1, 0.15) is 40.0 Å². The van der Waals surface area contributed by atoms with Crippen molar-refractivity contribution in [3.05, 3.63) is 0 Å². The van der Waals surface area contributed by atoms with Crippen LogP contribution in [0.25, 0.3) is 0 Å². The van der Waals surface area contributed by atoms with E-state index in [9.17, 15) is 4.79 Å². The van der Waals surface area contributed by atoms with Gasteiger partial charge in [-0.25, -0.2) is 0 Å². The Labute approximate surface area is 98.5 Å². The molecule has 0 rings (SSSR count). The molecule has 0 heterocycles. The third-order valence-electron chi connectivity index (χ3n) is 2.60. The Bertz CT molecular complexity index is 204. The zero-order chi connectivity index (χ0) is 12.6. The van der Waals surface area contributed by atoms with Gasteiger partial charge in [0.1, 0.15) is 5.54 Å². The number of hydrogen-bond donors (Lipinski definition) is 1. The van der Waals surface area contributed by atoms with Crippen LogP contribution in [0.4, 0.5) is 0 Å². The Morgan fingerprint density at radius 3 is 2.62 bits per heavy atom. The molecular weight excluding hydrogens is 206 g/mol. The minimum Gasteiger partial charge on any atom is -0.468 e. The minimum atomic E-state index is -0.942. The van der Waals surface area contributed by atoms with E-state index in [-0.39, 0.29) is 0 Å². The van der Waals surface area contributed by atoms with Crippen LogP contribution in [0, 0.1) is 5.92 Å². The van der Waals surface area contributed by atoms with Gasteiger partial charge in [0.2, 0.25) is 0 Å². The fourth-order valence-corrected chi connectivity index (χ4v) is 1.48. The van der Waals surface area contributed by atoms with Gasteiger partial charge in [0.15, 0.2) is 0 Å². The lowest BCUT2D eigenvalue weighted by atomic mass is 10.0. The molecule has 0 amide bonds. The van der Waals surface area contributed by atoms with E-state index in [1.807, 2.05) is 0 Å². The summed E-state index contributed by atoms with van der Waals surface area (Å²) >= 11 is 0. The molecule has 4 nitrogen and oxygen atoms in total. The number of carbonyl (C=O) groups is 1. The normalized spacial score (nSPS) is 16.6. The molecule has 0 saturated carbocycles. The lowest BCUT2D eigenvalue weighted by Crippen LogP contribution is -2.46. The molecule has 0 saturated heterocycles. The quantitative estimate of drug-likeness (QED) is 0.510. The van der Waals surface area contributed by atoms with E-state index in [0.29, 0.717) is 18.9 Å². The molecule has 2 atom stereocenters. The average molecular weight is 231 g/mol. The van der Waals surface area contributed by atoms with E-state index < -0.39 is 11.5 Å². The molecule has 0 aromatic heterocycles. The highest BCUT2D eigenvalue weighted by molar-refractivity contribution is 5.79. The van der Waals surface area contributed by atoms with Crippen molar-refractivity contribution in [2.45, 2.75) is 45.6 Å². The van der Waals surface area contributed by atoms with Crippen molar-refractivity contribution in [1.29, 1.82) is 0 Å². The lowest BCUT2D eigenvalue weighted by molar-refractivity contribution is -0.147. The number of nitrogens with two attached hydrogens (primary N) is 1. The van der Waals surface area contributed by atoms with Crippen molar-refractivity contribution in [3.63, 3.8) is 0 Å². The maximum absolute atomic E-state index is 11.3. The van der Waals surface area contributed by atoms with Gasteiger partial charge in [0.25, 0.3) is 0 Å². The van der Waals surface area contributed by atoms with E-state index in [4.69, 9.17) is 10.5 Å². The highest BCUT2D eigenvalue weighted by atomic mass is 16.5. The minimum absolute atomic E-state index is 0.391. The van der Waals surface area contributed by atoms with Crippen LogP contribution in [0.5, 0.6) is 0 Å². The molecule has 0 aromatic carbocycles. The molecule has 0 aliphatic rings. The number of methoxy groups -OCH3 is 1. The largest absolute Gasteiger partial charge is 0.468 e. The third-order valence-corrected chi connectivity index (χ3v) is 2.60. The van der Waals surface area contributed by atoms with Crippen LogP contribution < -0.4 is 5.73 Å². The first-order valence-electron chi connectivity index (χ1n) is 5.89. The molecule has 0 spiro atoms. The summed E-state index contributed by atoms with van der Waals surface area (Å²) in [5.41, 5.74) is 4.85. The molecular formula is C12H25NO3. The van der Waals surface area contributed by atoms with Crippen molar-refractivity contribution in [3.8, 4) is 0 Å². The number of hydrogen-bond acceptors (Lipinski definition) is 4. The van der Waals surface area contributed by atoms with Crippen LogP contribution in [-0.2, 0) is 14.3 Å². The Hall–Kier alpha value is -0.610. The van der Waals surface area contributed by atoms with E-state index in [1.54, 1.807) is 6.92 Å². The first-order chi connectivity index (χ1) is 7.44. The van der Waals surface area contributed by atoms with Gasteiger partial charge in [0, 0.05) is 13.2 Å². The van der Waals surface area contributed by atoms with Gasteiger partial charge < -0.3 is 15.2 Å². The monoisotopic (exact) mass is 231 g/mol. The first kappa shape index (κ1) is 15.4. The Kier molecular flexibility index (Phi) is 7.34. The first-order valence-corrected chi connectivity index (χ1v) is 5.89. The second-order valence-corrected chi connectivity index (χ2v) is 4.63. The molecule has 2 N–H and O–H groups in total. The van der Waals surface area contributed by atoms with Crippen LogP contribution in [0.2, 0.25) is 0 Å². The topological polar surface area (TPSA) is 61.5 Å². The maximum Gasteiger partial charge on any atom is 0.325 e. The van der Waals surface area contributed by atoms with Crippen LogP contribution in [-0.4, -0.2) is 31.8 Å². The van der Waals surface area contributed by atoms with Crippen molar-refractivity contribution in [1.82, 2.24) is 0 Å². The summed E-state index contributed by atoms with van der Waals surface area (Å²) in [6, 6.07) is 0. The highest BCUT2D eigenvalue weighted by Crippen LogP contribution is 2.10. The summed E-state index contributed by atoms with van der Waals surface area (Å²) in [5.74, 6) is 0.171. The van der Waals surface area contributed by atoms with Crippen LogP contribution >= 0.6 is 0 Å². The van der Waals surface area contributed by atoms with Gasteiger partial charge in [-0.05, 0) is 25.7 Å². The SMILES string of the molecule is CCCC(C)COCCC(C)(N)C(=O)OC. The van der Waals surface area contributed by atoms with Crippen LogP contribution in [0.3, 0.4) is 0 Å². The standard InChI is InChI=1S/C12H25NO3/c1-5-6-10(2)9-16-8-7-12(3,13)11(14)15-4/h10H,5-9,13H2,1-4H3. The van der Waals surface area contributed by atoms with E-state index in [1.165, 1.54) is 13.5 Å². The number of esters is 1. The molecule has 2 unspecified atom stereocenters. The molecule has 0 bridgehead atoms. The van der Waals surface area contributed by atoms with Crippen LogP contribution in [0.15, 0.2) is 0 Å². The summed E-state index contributed by atoms with van der Waals surface area (Å²) in [4.78, 5) is 11.3. The van der Waals surface area contributed by atoms with Gasteiger partial charge in [-0.2, -0.15) is 0 Å². The van der Waals surface area contributed by atoms with Crippen molar-refractivity contribution >= 4 is 5.97 Å². The fourth-order valence-electron chi connectivity index (χ4n) is 1.48. The van der Waals surface area contributed by atoms with Crippen molar-refractivity contribution < 1.29 is 14.3 Å². The lowest BCUT2D eigenvalue weighted by Gasteiger charge is -2.21. The fraction of sp³-hybridized carbons (Fsp3) is 0.917. The van der Waals surface area contributed by atoms with Crippen molar-refractivity contribution in [2.75, 3.05) is 20.3 Å². The summed E-state index contributed by atoms with van der Waals surface area (Å²) in [7, 11) is 1.34. The van der Waals surface area contributed by atoms with Gasteiger partial charge in [-0.1, -0.05) is 20.3 Å². The van der Waals surface area contributed by atoms with E-state index >= 15 is 0 Å². The predicted molar refractivity (Wildman–Crippen MR) is 64.1 cm³/mol. The number of ether oxygens (including phenoxy) is 2. The average Bonchev–Trinajstić information content (AvgIpc) is 2.23. The predicted octanol–water partition coefficient (Wildman–Crippen LogP) is 1.72. The third kappa shape index (κ3) is 6.08. The van der Waals surface area contributed by atoms with E-state index in [0.717, 1.165) is 13.0 Å². The maximum atomic E-state index is 11.3. The zero-order valence-electron chi connectivity index (χ0n) is 10.9.